The van der Waals surface area contributed by atoms with Gasteiger partial charge in [0.1, 0.15) is 5.75 Å². The third-order valence-electron chi connectivity index (χ3n) is 3.90. The molecular formula is C18H17NO3. The molecular weight excluding hydrogens is 278 g/mol. The number of nitrogens with zero attached hydrogens (tertiary/aromatic N) is 1. The van der Waals surface area contributed by atoms with E-state index >= 15 is 0 Å². The van der Waals surface area contributed by atoms with Gasteiger partial charge in [-0.15, -0.1) is 0 Å². The molecule has 2 aromatic rings. The van der Waals surface area contributed by atoms with Gasteiger partial charge in [-0.2, -0.15) is 0 Å². The van der Waals surface area contributed by atoms with Gasteiger partial charge in [-0.25, -0.2) is 0 Å². The molecule has 2 amide bonds. The highest BCUT2D eigenvalue weighted by Gasteiger charge is 2.39. The van der Waals surface area contributed by atoms with Gasteiger partial charge in [0.2, 0.25) is 11.8 Å². The molecule has 0 N–H and O–H groups in total. The Balaban J connectivity index is 1.79. The standard InChI is InChI=1S/C18H17NO3/c1-22-16-9-7-15(8-10-16)19-17(20)12-14(18(19)21)11-13-5-3-2-4-6-13/h2-10,14H,11-12H2,1H3/t14-/m1/s1. The second-order valence-electron chi connectivity index (χ2n) is 5.36. The van der Waals surface area contributed by atoms with Crippen molar-refractivity contribution in [3.05, 3.63) is 60.2 Å². The van der Waals surface area contributed by atoms with E-state index in [4.69, 9.17) is 4.74 Å². The first-order chi connectivity index (χ1) is 10.7. The third kappa shape index (κ3) is 2.72. The Bertz CT molecular complexity index is 679. The van der Waals surface area contributed by atoms with E-state index in [-0.39, 0.29) is 24.2 Å². The van der Waals surface area contributed by atoms with Crippen LogP contribution in [0.5, 0.6) is 5.75 Å². The number of carbonyl (C=O) groups is 2. The zero-order valence-electron chi connectivity index (χ0n) is 12.4. The minimum absolute atomic E-state index is 0.126. The highest BCUT2D eigenvalue weighted by Crippen LogP contribution is 2.29. The lowest BCUT2D eigenvalue weighted by molar-refractivity contribution is -0.122. The number of hydrogen-bond acceptors (Lipinski definition) is 3. The van der Waals surface area contributed by atoms with E-state index in [0.717, 1.165) is 5.56 Å². The summed E-state index contributed by atoms with van der Waals surface area (Å²) in [6.45, 7) is 0. The van der Waals surface area contributed by atoms with Crippen LogP contribution in [0.2, 0.25) is 0 Å². The lowest BCUT2D eigenvalue weighted by atomic mass is 9.98. The van der Waals surface area contributed by atoms with E-state index in [2.05, 4.69) is 0 Å². The average Bonchev–Trinajstić information content (AvgIpc) is 2.82. The lowest BCUT2D eigenvalue weighted by Crippen LogP contribution is -2.30. The van der Waals surface area contributed by atoms with Gasteiger partial charge in [-0.1, -0.05) is 30.3 Å². The average molecular weight is 295 g/mol. The van der Waals surface area contributed by atoms with E-state index in [1.807, 2.05) is 30.3 Å². The van der Waals surface area contributed by atoms with Crippen molar-refractivity contribution in [2.24, 2.45) is 5.92 Å². The zero-order valence-corrected chi connectivity index (χ0v) is 12.4. The summed E-state index contributed by atoms with van der Waals surface area (Å²) in [6.07, 6.45) is 0.859. The number of ether oxygens (including phenoxy) is 1. The van der Waals surface area contributed by atoms with Crippen LogP contribution in [-0.4, -0.2) is 18.9 Å². The van der Waals surface area contributed by atoms with Gasteiger partial charge >= 0.3 is 0 Å². The van der Waals surface area contributed by atoms with E-state index in [0.29, 0.717) is 17.9 Å². The fourth-order valence-corrected chi connectivity index (χ4v) is 2.76. The van der Waals surface area contributed by atoms with Gasteiger partial charge in [0.15, 0.2) is 0 Å². The Kier molecular flexibility index (Phi) is 3.92. The minimum Gasteiger partial charge on any atom is -0.497 e. The molecule has 0 radical (unpaired) electrons. The number of carbonyl (C=O) groups excluding carboxylic acids is 2. The highest BCUT2D eigenvalue weighted by atomic mass is 16.5. The quantitative estimate of drug-likeness (QED) is 0.815. The first-order valence-electron chi connectivity index (χ1n) is 7.24. The summed E-state index contributed by atoms with van der Waals surface area (Å²) in [4.78, 5) is 26.0. The van der Waals surface area contributed by atoms with E-state index in [1.165, 1.54) is 4.90 Å². The van der Waals surface area contributed by atoms with Crippen molar-refractivity contribution < 1.29 is 14.3 Å². The summed E-state index contributed by atoms with van der Waals surface area (Å²) < 4.78 is 5.10. The summed E-state index contributed by atoms with van der Waals surface area (Å²) in [5.41, 5.74) is 1.68. The van der Waals surface area contributed by atoms with Crippen molar-refractivity contribution >= 4 is 17.5 Å². The molecule has 1 aliphatic heterocycles. The van der Waals surface area contributed by atoms with Crippen LogP contribution >= 0.6 is 0 Å². The van der Waals surface area contributed by atoms with Gasteiger partial charge in [-0.3, -0.25) is 14.5 Å². The fourth-order valence-electron chi connectivity index (χ4n) is 2.76. The molecule has 1 heterocycles. The highest BCUT2D eigenvalue weighted by molar-refractivity contribution is 6.21. The van der Waals surface area contributed by atoms with Gasteiger partial charge in [-0.05, 0) is 36.2 Å². The van der Waals surface area contributed by atoms with Gasteiger partial charge in [0.25, 0.3) is 0 Å². The Labute approximate surface area is 129 Å². The summed E-state index contributed by atoms with van der Waals surface area (Å²) in [5.74, 6) is 0.149. The molecule has 0 aromatic heterocycles. The van der Waals surface area contributed by atoms with Crippen molar-refractivity contribution in [3.63, 3.8) is 0 Å². The maximum absolute atomic E-state index is 12.5. The predicted molar refractivity (Wildman–Crippen MR) is 83.7 cm³/mol. The topological polar surface area (TPSA) is 46.6 Å². The number of methoxy groups -OCH3 is 1. The number of rotatable bonds is 4. The largest absolute Gasteiger partial charge is 0.497 e. The van der Waals surface area contributed by atoms with E-state index < -0.39 is 0 Å². The third-order valence-corrected chi connectivity index (χ3v) is 3.90. The first-order valence-corrected chi connectivity index (χ1v) is 7.24. The van der Waals surface area contributed by atoms with Gasteiger partial charge in [0.05, 0.1) is 18.7 Å². The molecule has 4 nitrogen and oxygen atoms in total. The molecule has 0 saturated carbocycles. The van der Waals surface area contributed by atoms with Crippen LogP contribution in [0.3, 0.4) is 0 Å². The second kappa shape index (κ2) is 6.02. The van der Waals surface area contributed by atoms with E-state index in [1.54, 1.807) is 31.4 Å². The van der Waals surface area contributed by atoms with Crippen molar-refractivity contribution in [1.29, 1.82) is 0 Å². The SMILES string of the molecule is COc1ccc(N2C(=O)C[C@@H](Cc3ccccc3)C2=O)cc1. The van der Waals surface area contributed by atoms with Crippen LogP contribution in [0.25, 0.3) is 0 Å². The Morgan fingerprint density at radius 1 is 1.05 bits per heavy atom. The number of imide groups is 1. The molecule has 2 aromatic carbocycles. The molecule has 1 atom stereocenters. The molecule has 0 unspecified atom stereocenters. The lowest BCUT2D eigenvalue weighted by Gasteiger charge is -2.15. The van der Waals surface area contributed by atoms with Crippen molar-refractivity contribution in [3.8, 4) is 5.75 Å². The van der Waals surface area contributed by atoms with Crippen LogP contribution in [0.4, 0.5) is 5.69 Å². The second-order valence-corrected chi connectivity index (χ2v) is 5.36. The zero-order chi connectivity index (χ0) is 15.5. The van der Waals surface area contributed by atoms with E-state index in [9.17, 15) is 9.59 Å². The van der Waals surface area contributed by atoms with Crippen LogP contribution in [0.15, 0.2) is 54.6 Å². The van der Waals surface area contributed by atoms with Crippen LogP contribution in [-0.2, 0) is 16.0 Å². The molecule has 4 heteroatoms. The molecule has 22 heavy (non-hydrogen) atoms. The Hall–Kier alpha value is -2.62. The maximum Gasteiger partial charge on any atom is 0.237 e. The van der Waals surface area contributed by atoms with Crippen molar-refractivity contribution in [2.75, 3.05) is 12.0 Å². The molecule has 1 saturated heterocycles. The van der Waals surface area contributed by atoms with Crippen molar-refractivity contribution in [1.82, 2.24) is 0 Å². The minimum atomic E-state index is -0.281. The monoisotopic (exact) mass is 295 g/mol. The Morgan fingerprint density at radius 3 is 2.36 bits per heavy atom. The Morgan fingerprint density at radius 2 is 1.73 bits per heavy atom. The number of benzene rings is 2. The molecule has 112 valence electrons. The molecule has 0 bridgehead atoms. The van der Waals surface area contributed by atoms with Crippen LogP contribution in [0, 0.1) is 5.92 Å². The summed E-state index contributed by atoms with van der Waals surface area (Å²) in [6, 6.07) is 16.8. The normalized spacial score (nSPS) is 17.9. The predicted octanol–water partition coefficient (Wildman–Crippen LogP) is 2.82. The number of hydrogen-bond donors (Lipinski definition) is 0. The fraction of sp³-hybridized carbons (Fsp3) is 0.222. The maximum atomic E-state index is 12.5. The van der Waals surface area contributed by atoms with Crippen LogP contribution < -0.4 is 9.64 Å². The molecule has 1 fully saturated rings. The molecule has 0 spiro atoms. The number of amides is 2. The van der Waals surface area contributed by atoms with Crippen LogP contribution in [0.1, 0.15) is 12.0 Å². The smallest absolute Gasteiger partial charge is 0.237 e. The van der Waals surface area contributed by atoms with Gasteiger partial charge in [0, 0.05) is 6.42 Å². The van der Waals surface area contributed by atoms with Gasteiger partial charge < -0.3 is 4.74 Å². The summed E-state index contributed by atoms with van der Waals surface area (Å²) in [5, 5.41) is 0. The molecule has 1 aliphatic rings. The number of anilines is 1. The summed E-state index contributed by atoms with van der Waals surface area (Å²) in [7, 11) is 1.58. The first kappa shape index (κ1) is 14.3. The molecule has 0 aliphatic carbocycles. The molecule has 3 rings (SSSR count). The van der Waals surface area contributed by atoms with Crippen molar-refractivity contribution in [2.45, 2.75) is 12.8 Å². The summed E-state index contributed by atoms with van der Waals surface area (Å²) >= 11 is 0.